The van der Waals surface area contributed by atoms with Gasteiger partial charge in [-0.25, -0.2) is 0 Å². The summed E-state index contributed by atoms with van der Waals surface area (Å²) in [5.41, 5.74) is 0.888. The summed E-state index contributed by atoms with van der Waals surface area (Å²) < 4.78 is 0. The van der Waals surface area contributed by atoms with Gasteiger partial charge in [-0.05, 0) is 31.9 Å². The van der Waals surface area contributed by atoms with Crippen LogP contribution < -0.4 is 5.32 Å². The molecule has 1 N–H and O–H groups in total. The lowest BCUT2D eigenvalue weighted by Crippen LogP contribution is -2.50. The number of amides is 2. The SMILES string of the molecule is C[C@@H](NC(=O)[C@H]1CS[C@@]2(C)CCC(=O)N12)c1ccccc1Cl. The first kappa shape index (κ1) is 15.7. The summed E-state index contributed by atoms with van der Waals surface area (Å²) in [5, 5.41) is 3.64. The van der Waals surface area contributed by atoms with Gasteiger partial charge in [0.05, 0.1) is 10.9 Å². The normalized spacial score (nSPS) is 28.6. The Morgan fingerprint density at radius 1 is 1.50 bits per heavy atom. The molecule has 0 spiro atoms. The number of hydrogen-bond donors (Lipinski definition) is 1. The maximum Gasteiger partial charge on any atom is 0.244 e. The summed E-state index contributed by atoms with van der Waals surface area (Å²) in [5.74, 6) is 0.639. The van der Waals surface area contributed by atoms with Gasteiger partial charge in [0.25, 0.3) is 0 Å². The monoisotopic (exact) mass is 338 g/mol. The van der Waals surface area contributed by atoms with Gasteiger partial charge in [0.1, 0.15) is 6.04 Å². The molecule has 0 aromatic heterocycles. The van der Waals surface area contributed by atoms with Crippen molar-refractivity contribution in [2.75, 3.05) is 5.75 Å². The smallest absolute Gasteiger partial charge is 0.244 e. The van der Waals surface area contributed by atoms with Crippen molar-refractivity contribution < 1.29 is 9.59 Å². The molecule has 2 fully saturated rings. The zero-order valence-corrected chi connectivity index (χ0v) is 14.2. The predicted octanol–water partition coefficient (Wildman–Crippen LogP) is 2.97. The molecule has 2 aliphatic heterocycles. The zero-order chi connectivity index (χ0) is 15.9. The van der Waals surface area contributed by atoms with Crippen LogP contribution in [0.5, 0.6) is 0 Å². The Morgan fingerprint density at radius 3 is 2.95 bits per heavy atom. The predicted molar refractivity (Wildman–Crippen MR) is 88.7 cm³/mol. The summed E-state index contributed by atoms with van der Waals surface area (Å²) in [6.07, 6.45) is 1.35. The fourth-order valence-electron chi connectivity index (χ4n) is 3.23. The maximum atomic E-state index is 12.6. The van der Waals surface area contributed by atoms with Crippen molar-refractivity contribution >= 4 is 35.2 Å². The van der Waals surface area contributed by atoms with Gasteiger partial charge in [-0.1, -0.05) is 29.8 Å². The number of nitrogens with one attached hydrogen (secondary N) is 1. The topological polar surface area (TPSA) is 49.4 Å². The molecule has 1 aromatic carbocycles. The van der Waals surface area contributed by atoms with Crippen LogP contribution in [0.4, 0.5) is 0 Å². The van der Waals surface area contributed by atoms with Crippen molar-refractivity contribution in [3.63, 3.8) is 0 Å². The van der Waals surface area contributed by atoms with E-state index in [1.165, 1.54) is 0 Å². The van der Waals surface area contributed by atoms with Crippen molar-refractivity contribution in [3.05, 3.63) is 34.9 Å². The average Bonchev–Trinajstić information content (AvgIpc) is 2.96. The van der Waals surface area contributed by atoms with E-state index in [1.807, 2.05) is 38.1 Å². The molecule has 1 aromatic rings. The maximum absolute atomic E-state index is 12.6. The van der Waals surface area contributed by atoms with Gasteiger partial charge in [-0.3, -0.25) is 9.59 Å². The standard InChI is InChI=1S/C16H19ClN2O2S/c1-10(11-5-3-4-6-12(11)17)18-15(21)13-9-22-16(2)8-7-14(20)19(13)16/h3-6,10,13H,7-9H2,1-2H3,(H,18,21)/t10-,13-,16+/m1/s1. The van der Waals surface area contributed by atoms with Crippen molar-refractivity contribution in [2.24, 2.45) is 0 Å². The molecule has 4 nitrogen and oxygen atoms in total. The van der Waals surface area contributed by atoms with Gasteiger partial charge >= 0.3 is 0 Å². The molecule has 6 heteroatoms. The third-order valence-corrected chi connectivity index (χ3v) is 6.33. The molecule has 2 amide bonds. The second kappa shape index (κ2) is 5.78. The molecule has 3 rings (SSSR count). The number of nitrogens with zero attached hydrogens (tertiary/aromatic N) is 1. The van der Waals surface area contributed by atoms with Crippen LogP contribution in [0, 0.1) is 0 Å². The van der Waals surface area contributed by atoms with E-state index in [0.717, 1.165) is 12.0 Å². The number of halogens is 1. The highest BCUT2D eigenvalue weighted by Gasteiger charge is 2.52. The lowest BCUT2D eigenvalue weighted by atomic mass is 10.1. The van der Waals surface area contributed by atoms with Gasteiger partial charge in [0.15, 0.2) is 0 Å². The Bertz CT molecular complexity index is 624. The highest BCUT2D eigenvalue weighted by Crippen LogP contribution is 2.47. The second-order valence-corrected chi connectivity index (χ2v) is 7.93. The van der Waals surface area contributed by atoms with E-state index in [9.17, 15) is 9.59 Å². The van der Waals surface area contributed by atoms with Gasteiger partial charge < -0.3 is 10.2 Å². The number of rotatable bonds is 3. The van der Waals surface area contributed by atoms with Crippen LogP contribution in [-0.4, -0.2) is 33.4 Å². The van der Waals surface area contributed by atoms with Crippen LogP contribution in [0.15, 0.2) is 24.3 Å². The molecule has 0 unspecified atom stereocenters. The molecule has 0 radical (unpaired) electrons. The highest BCUT2D eigenvalue weighted by atomic mass is 35.5. The number of hydrogen-bond acceptors (Lipinski definition) is 3. The number of thioether (sulfide) groups is 1. The first-order chi connectivity index (χ1) is 10.4. The van der Waals surface area contributed by atoms with Gasteiger partial charge in [0, 0.05) is 17.2 Å². The van der Waals surface area contributed by atoms with Crippen molar-refractivity contribution in [3.8, 4) is 0 Å². The van der Waals surface area contributed by atoms with E-state index in [-0.39, 0.29) is 28.8 Å². The molecule has 22 heavy (non-hydrogen) atoms. The van der Waals surface area contributed by atoms with E-state index in [4.69, 9.17) is 11.6 Å². The van der Waals surface area contributed by atoms with E-state index in [2.05, 4.69) is 5.32 Å². The summed E-state index contributed by atoms with van der Waals surface area (Å²) in [7, 11) is 0. The van der Waals surface area contributed by atoms with E-state index < -0.39 is 0 Å². The Kier molecular flexibility index (Phi) is 4.12. The van der Waals surface area contributed by atoms with Crippen molar-refractivity contribution in [2.45, 2.75) is 43.6 Å². The molecule has 0 aliphatic carbocycles. The average molecular weight is 339 g/mol. The molecule has 118 valence electrons. The summed E-state index contributed by atoms with van der Waals surface area (Å²) >= 11 is 7.88. The van der Waals surface area contributed by atoms with E-state index >= 15 is 0 Å². The lowest BCUT2D eigenvalue weighted by Gasteiger charge is -2.30. The molecule has 0 saturated carbocycles. The van der Waals surface area contributed by atoms with Crippen LogP contribution >= 0.6 is 23.4 Å². The molecule has 2 saturated heterocycles. The zero-order valence-electron chi connectivity index (χ0n) is 12.6. The first-order valence-electron chi connectivity index (χ1n) is 7.43. The quantitative estimate of drug-likeness (QED) is 0.921. The Balaban J connectivity index is 1.73. The molecule has 2 aliphatic rings. The first-order valence-corrected chi connectivity index (χ1v) is 8.80. The molecule has 3 atom stereocenters. The van der Waals surface area contributed by atoms with Gasteiger partial charge in [0.2, 0.25) is 11.8 Å². The van der Waals surface area contributed by atoms with Gasteiger partial charge in [-0.15, -0.1) is 11.8 Å². The van der Waals surface area contributed by atoms with Crippen LogP contribution in [-0.2, 0) is 9.59 Å². The van der Waals surface area contributed by atoms with E-state index in [1.54, 1.807) is 16.7 Å². The molecular formula is C16H19ClN2O2S. The third-order valence-electron chi connectivity index (χ3n) is 4.48. The molecule has 0 bridgehead atoms. The van der Waals surface area contributed by atoms with Crippen LogP contribution in [0.25, 0.3) is 0 Å². The van der Waals surface area contributed by atoms with Crippen LogP contribution in [0.1, 0.15) is 38.3 Å². The van der Waals surface area contributed by atoms with Crippen LogP contribution in [0.3, 0.4) is 0 Å². The van der Waals surface area contributed by atoms with Crippen molar-refractivity contribution in [1.29, 1.82) is 0 Å². The Morgan fingerprint density at radius 2 is 2.23 bits per heavy atom. The number of fused-ring (bicyclic) bond motifs is 1. The molecule has 2 heterocycles. The lowest BCUT2D eigenvalue weighted by molar-refractivity contribution is -0.138. The fourth-order valence-corrected chi connectivity index (χ4v) is 4.96. The Labute approximate surface area is 139 Å². The fraction of sp³-hybridized carbons (Fsp3) is 0.500. The van der Waals surface area contributed by atoms with Crippen LogP contribution in [0.2, 0.25) is 5.02 Å². The minimum Gasteiger partial charge on any atom is -0.348 e. The largest absolute Gasteiger partial charge is 0.348 e. The van der Waals surface area contributed by atoms with Gasteiger partial charge in [-0.2, -0.15) is 0 Å². The summed E-state index contributed by atoms with van der Waals surface area (Å²) in [6, 6.07) is 6.91. The minimum atomic E-state index is -0.380. The summed E-state index contributed by atoms with van der Waals surface area (Å²) in [4.78, 5) is 26.3. The number of benzene rings is 1. The number of carbonyl (C=O) groups excluding carboxylic acids is 2. The highest BCUT2D eigenvalue weighted by molar-refractivity contribution is 8.01. The third kappa shape index (κ3) is 2.61. The van der Waals surface area contributed by atoms with E-state index in [0.29, 0.717) is 17.2 Å². The van der Waals surface area contributed by atoms with Crippen molar-refractivity contribution in [1.82, 2.24) is 10.2 Å². The molecular weight excluding hydrogens is 320 g/mol. The minimum absolute atomic E-state index is 0.0815. The number of carbonyl (C=O) groups is 2. The second-order valence-electron chi connectivity index (χ2n) is 6.02. The Hall–Kier alpha value is -1.20. The summed E-state index contributed by atoms with van der Waals surface area (Å²) in [6.45, 7) is 3.96.